The molecule has 0 saturated heterocycles. The highest BCUT2D eigenvalue weighted by Gasteiger charge is 2.18. The lowest BCUT2D eigenvalue weighted by Gasteiger charge is -2.28. The Kier molecular flexibility index (Phi) is 4.13. The number of thioether (sulfide) groups is 1. The Morgan fingerprint density at radius 2 is 2.00 bits per heavy atom. The normalized spacial score (nSPS) is 25.4. The van der Waals surface area contributed by atoms with Gasteiger partial charge in [-0.3, -0.25) is 0 Å². The van der Waals surface area contributed by atoms with Gasteiger partial charge in [0, 0.05) is 22.7 Å². The first-order valence-electron chi connectivity index (χ1n) is 5.94. The molecular weight excluding hydrogens is 216 g/mol. The fourth-order valence-electron chi connectivity index (χ4n) is 2.28. The first kappa shape index (κ1) is 11.8. The van der Waals surface area contributed by atoms with Crippen LogP contribution in [0, 0.1) is 0 Å². The molecule has 0 spiro atoms. The minimum atomic E-state index is 0.386. The summed E-state index contributed by atoms with van der Waals surface area (Å²) in [4.78, 5) is 1.31. The molecule has 2 rings (SSSR count). The summed E-state index contributed by atoms with van der Waals surface area (Å²) >= 11 is 1.78. The van der Waals surface area contributed by atoms with E-state index in [1.807, 2.05) is 0 Å². The van der Waals surface area contributed by atoms with Gasteiger partial charge in [-0.15, -0.1) is 11.8 Å². The van der Waals surface area contributed by atoms with Crippen LogP contribution < -0.4 is 11.1 Å². The van der Waals surface area contributed by atoms with E-state index in [9.17, 15) is 0 Å². The second-order valence-electron chi connectivity index (χ2n) is 4.50. The predicted molar refractivity (Wildman–Crippen MR) is 72.1 cm³/mol. The van der Waals surface area contributed by atoms with Gasteiger partial charge in [-0.2, -0.15) is 0 Å². The molecule has 1 fully saturated rings. The van der Waals surface area contributed by atoms with Crippen molar-refractivity contribution in [3.05, 3.63) is 24.3 Å². The highest BCUT2D eigenvalue weighted by Crippen LogP contribution is 2.23. The second kappa shape index (κ2) is 5.60. The molecule has 0 aromatic heterocycles. The first-order valence-corrected chi connectivity index (χ1v) is 7.16. The fourth-order valence-corrected chi connectivity index (χ4v) is 2.69. The molecule has 16 heavy (non-hydrogen) atoms. The molecule has 88 valence electrons. The number of nitrogens with two attached hydrogens (primary N) is 1. The van der Waals surface area contributed by atoms with Crippen molar-refractivity contribution in [1.29, 1.82) is 0 Å². The van der Waals surface area contributed by atoms with Gasteiger partial charge in [0.25, 0.3) is 0 Å². The van der Waals surface area contributed by atoms with Crippen LogP contribution in [0.3, 0.4) is 0 Å². The molecule has 1 aromatic rings. The Balaban J connectivity index is 1.92. The van der Waals surface area contributed by atoms with Crippen molar-refractivity contribution in [3.8, 4) is 0 Å². The summed E-state index contributed by atoms with van der Waals surface area (Å²) in [6, 6.07) is 9.59. The molecule has 2 atom stereocenters. The Labute approximate surface area is 102 Å². The summed E-state index contributed by atoms with van der Waals surface area (Å²) in [5, 5.41) is 3.57. The van der Waals surface area contributed by atoms with Gasteiger partial charge in [-0.05, 0) is 56.2 Å². The van der Waals surface area contributed by atoms with Crippen LogP contribution in [0.4, 0.5) is 5.69 Å². The molecular formula is C13H20N2S. The van der Waals surface area contributed by atoms with Gasteiger partial charge < -0.3 is 11.1 Å². The van der Waals surface area contributed by atoms with Crippen LogP contribution >= 0.6 is 11.8 Å². The van der Waals surface area contributed by atoms with Crippen LogP contribution in [-0.4, -0.2) is 18.3 Å². The Hall–Kier alpha value is -0.670. The highest BCUT2D eigenvalue weighted by molar-refractivity contribution is 7.98. The third-order valence-corrected chi connectivity index (χ3v) is 3.92. The molecule has 2 nitrogen and oxygen atoms in total. The zero-order valence-electron chi connectivity index (χ0n) is 9.78. The van der Waals surface area contributed by atoms with Crippen molar-refractivity contribution >= 4 is 17.4 Å². The number of hydrogen-bond donors (Lipinski definition) is 2. The monoisotopic (exact) mass is 236 g/mol. The fraction of sp³-hybridized carbons (Fsp3) is 0.538. The summed E-state index contributed by atoms with van der Waals surface area (Å²) in [6.45, 7) is 0. The molecule has 0 bridgehead atoms. The lowest BCUT2D eigenvalue weighted by molar-refractivity contribution is 0.409. The van der Waals surface area contributed by atoms with Gasteiger partial charge in [-0.1, -0.05) is 0 Å². The van der Waals surface area contributed by atoms with Crippen molar-refractivity contribution in [2.24, 2.45) is 5.73 Å². The van der Waals surface area contributed by atoms with Gasteiger partial charge >= 0.3 is 0 Å². The molecule has 3 heteroatoms. The first-order chi connectivity index (χ1) is 7.78. The van der Waals surface area contributed by atoms with Gasteiger partial charge in [0.05, 0.1) is 0 Å². The van der Waals surface area contributed by atoms with Crippen LogP contribution in [0.1, 0.15) is 25.7 Å². The quantitative estimate of drug-likeness (QED) is 0.792. The van der Waals surface area contributed by atoms with E-state index < -0.39 is 0 Å². The van der Waals surface area contributed by atoms with Crippen LogP contribution in [-0.2, 0) is 0 Å². The molecule has 0 aliphatic heterocycles. The molecule has 1 aromatic carbocycles. The molecule has 1 aliphatic carbocycles. The Bertz CT molecular complexity index is 323. The van der Waals surface area contributed by atoms with Gasteiger partial charge in [0.2, 0.25) is 0 Å². The second-order valence-corrected chi connectivity index (χ2v) is 5.38. The maximum absolute atomic E-state index is 5.98. The maximum atomic E-state index is 5.98. The van der Waals surface area contributed by atoms with Crippen molar-refractivity contribution in [2.45, 2.75) is 42.7 Å². The number of hydrogen-bond acceptors (Lipinski definition) is 3. The summed E-state index contributed by atoms with van der Waals surface area (Å²) in [6.07, 6.45) is 6.89. The van der Waals surface area contributed by atoms with Gasteiger partial charge in [0.15, 0.2) is 0 Å². The van der Waals surface area contributed by atoms with E-state index in [1.54, 1.807) is 11.8 Å². The zero-order valence-corrected chi connectivity index (χ0v) is 10.6. The summed E-state index contributed by atoms with van der Waals surface area (Å²) < 4.78 is 0. The van der Waals surface area contributed by atoms with Crippen molar-refractivity contribution in [3.63, 3.8) is 0 Å². The number of benzene rings is 1. The van der Waals surface area contributed by atoms with Crippen molar-refractivity contribution in [1.82, 2.24) is 0 Å². The van der Waals surface area contributed by atoms with E-state index in [2.05, 4.69) is 35.8 Å². The lowest BCUT2D eigenvalue weighted by atomic mass is 9.91. The van der Waals surface area contributed by atoms with Gasteiger partial charge in [-0.25, -0.2) is 0 Å². The smallest absolute Gasteiger partial charge is 0.0343 e. The molecule has 1 aliphatic rings. The van der Waals surface area contributed by atoms with E-state index in [4.69, 9.17) is 5.73 Å². The van der Waals surface area contributed by atoms with Crippen molar-refractivity contribution < 1.29 is 0 Å². The zero-order chi connectivity index (χ0) is 11.4. The molecule has 0 radical (unpaired) electrons. The molecule has 1 saturated carbocycles. The lowest BCUT2D eigenvalue weighted by Crippen LogP contribution is -2.34. The Morgan fingerprint density at radius 3 is 2.62 bits per heavy atom. The predicted octanol–water partition coefficient (Wildman–Crippen LogP) is 3.09. The minimum absolute atomic E-state index is 0.386. The van der Waals surface area contributed by atoms with Crippen LogP contribution in [0.25, 0.3) is 0 Å². The number of anilines is 1. The van der Waals surface area contributed by atoms with Crippen LogP contribution in [0.15, 0.2) is 29.2 Å². The average Bonchev–Trinajstić information content (AvgIpc) is 2.30. The standard InChI is InChI=1S/C13H20N2S/c1-16-13-7-5-11(6-8-13)15-12-4-2-3-10(14)9-12/h5-8,10,12,15H,2-4,9,14H2,1H3. The summed E-state index contributed by atoms with van der Waals surface area (Å²) in [7, 11) is 0. The average molecular weight is 236 g/mol. The van der Waals surface area contributed by atoms with E-state index in [-0.39, 0.29) is 0 Å². The molecule has 3 N–H and O–H groups in total. The SMILES string of the molecule is CSc1ccc(NC2CCCC(N)C2)cc1. The summed E-state index contributed by atoms with van der Waals surface area (Å²) in [5.41, 5.74) is 7.20. The third-order valence-electron chi connectivity index (χ3n) is 3.18. The summed E-state index contributed by atoms with van der Waals surface area (Å²) in [5.74, 6) is 0. The molecule has 2 unspecified atom stereocenters. The van der Waals surface area contributed by atoms with E-state index >= 15 is 0 Å². The molecule has 0 heterocycles. The van der Waals surface area contributed by atoms with E-state index in [0.717, 1.165) is 6.42 Å². The van der Waals surface area contributed by atoms with Crippen molar-refractivity contribution in [2.75, 3.05) is 11.6 Å². The third kappa shape index (κ3) is 3.16. The van der Waals surface area contributed by atoms with Crippen LogP contribution in [0.2, 0.25) is 0 Å². The van der Waals surface area contributed by atoms with E-state index in [0.29, 0.717) is 12.1 Å². The van der Waals surface area contributed by atoms with E-state index in [1.165, 1.54) is 29.8 Å². The topological polar surface area (TPSA) is 38.0 Å². The minimum Gasteiger partial charge on any atom is -0.382 e. The van der Waals surface area contributed by atoms with Gasteiger partial charge in [0.1, 0.15) is 0 Å². The largest absolute Gasteiger partial charge is 0.382 e. The number of nitrogens with one attached hydrogen (secondary N) is 1. The molecule has 0 amide bonds. The maximum Gasteiger partial charge on any atom is 0.0343 e. The number of rotatable bonds is 3. The highest BCUT2D eigenvalue weighted by atomic mass is 32.2. The van der Waals surface area contributed by atoms with Crippen LogP contribution in [0.5, 0.6) is 0 Å². The Morgan fingerprint density at radius 1 is 1.25 bits per heavy atom.